The first-order valence-electron chi connectivity index (χ1n) is 7.94. The van der Waals surface area contributed by atoms with Gasteiger partial charge in [-0.3, -0.25) is 14.7 Å². The summed E-state index contributed by atoms with van der Waals surface area (Å²) in [5.74, 6) is 3.86. The smallest absolute Gasteiger partial charge is 0.0530 e. The molecule has 1 aliphatic heterocycles. The molecule has 0 unspecified atom stereocenters. The van der Waals surface area contributed by atoms with Crippen molar-refractivity contribution < 1.29 is 0 Å². The standard InChI is InChI=1S/C15H33N3S3/c1-19-10-4-7-16-13-17(8-5-11-20-2)15-18(14-16)9-6-12-21-3/h4-15H2,1-3H3. The van der Waals surface area contributed by atoms with Crippen molar-refractivity contribution in [1.82, 2.24) is 14.7 Å². The summed E-state index contributed by atoms with van der Waals surface area (Å²) in [4.78, 5) is 7.91. The van der Waals surface area contributed by atoms with Gasteiger partial charge in [-0.15, -0.1) is 0 Å². The van der Waals surface area contributed by atoms with E-state index in [1.807, 2.05) is 35.3 Å². The summed E-state index contributed by atoms with van der Waals surface area (Å²) >= 11 is 5.90. The second kappa shape index (κ2) is 13.4. The van der Waals surface area contributed by atoms with Crippen LogP contribution in [0.15, 0.2) is 0 Å². The Labute approximate surface area is 144 Å². The average Bonchev–Trinajstić information content (AvgIpc) is 2.48. The zero-order valence-electron chi connectivity index (χ0n) is 14.1. The molecule has 0 N–H and O–H groups in total. The third kappa shape index (κ3) is 9.61. The van der Waals surface area contributed by atoms with Crippen molar-refractivity contribution in [2.75, 3.05) is 75.7 Å². The van der Waals surface area contributed by atoms with Crippen molar-refractivity contribution in [2.24, 2.45) is 0 Å². The quantitative estimate of drug-likeness (QED) is 0.496. The lowest BCUT2D eigenvalue weighted by Gasteiger charge is -2.42. The SMILES string of the molecule is CSCCCN1CN(CCCSC)CN(CCCSC)C1. The van der Waals surface area contributed by atoms with Crippen LogP contribution in [-0.2, 0) is 0 Å². The molecule has 6 heteroatoms. The van der Waals surface area contributed by atoms with E-state index in [2.05, 4.69) is 33.5 Å². The maximum atomic E-state index is 2.64. The highest BCUT2D eigenvalue weighted by Gasteiger charge is 2.22. The molecule has 0 bridgehead atoms. The maximum Gasteiger partial charge on any atom is 0.0530 e. The highest BCUT2D eigenvalue weighted by molar-refractivity contribution is 7.98. The fourth-order valence-electron chi connectivity index (χ4n) is 2.70. The molecule has 1 rings (SSSR count). The molecule has 0 atom stereocenters. The third-order valence-corrected chi connectivity index (χ3v) is 5.76. The monoisotopic (exact) mass is 351 g/mol. The van der Waals surface area contributed by atoms with Crippen LogP contribution in [0.25, 0.3) is 0 Å². The Hall–Kier alpha value is 0.930. The van der Waals surface area contributed by atoms with Crippen LogP contribution in [0.3, 0.4) is 0 Å². The zero-order chi connectivity index (χ0) is 15.3. The predicted molar refractivity (Wildman–Crippen MR) is 104 cm³/mol. The molecule has 0 aromatic carbocycles. The lowest BCUT2D eigenvalue weighted by atomic mass is 10.3. The van der Waals surface area contributed by atoms with Crippen molar-refractivity contribution in [3.05, 3.63) is 0 Å². The van der Waals surface area contributed by atoms with E-state index in [-0.39, 0.29) is 0 Å². The second-order valence-electron chi connectivity index (χ2n) is 5.65. The lowest BCUT2D eigenvalue weighted by Crippen LogP contribution is -2.55. The van der Waals surface area contributed by atoms with Crippen molar-refractivity contribution in [3.63, 3.8) is 0 Å². The Balaban J connectivity index is 2.35. The van der Waals surface area contributed by atoms with Crippen molar-refractivity contribution in [2.45, 2.75) is 19.3 Å². The minimum atomic E-state index is 1.17. The van der Waals surface area contributed by atoms with Gasteiger partial charge in [0.1, 0.15) is 0 Å². The molecule has 0 spiro atoms. The molecule has 1 heterocycles. The first kappa shape index (κ1) is 20.0. The molecule has 0 saturated carbocycles. The van der Waals surface area contributed by atoms with Crippen LogP contribution >= 0.6 is 35.3 Å². The molecular formula is C15H33N3S3. The Bertz CT molecular complexity index is 200. The fourth-order valence-corrected chi connectivity index (χ4v) is 3.96. The zero-order valence-corrected chi connectivity index (χ0v) is 16.5. The molecule has 0 aliphatic carbocycles. The van der Waals surface area contributed by atoms with Crippen LogP contribution in [0.5, 0.6) is 0 Å². The van der Waals surface area contributed by atoms with Gasteiger partial charge < -0.3 is 0 Å². The van der Waals surface area contributed by atoms with E-state index in [4.69, 9.17) is 0 Å². The molecule has 126 valence electrons. The molecule has 0 aromatic heterocycles. The first-order valence-corrected chi connectivity index (χ1v) is 12.1. The fraction of sp³-hybridized carbons (Fsp3) is 1.00. The molecular weight excluding hydrogens is 318 g/mol. The number of hydrogen-bond acceptors (Lipinski definition) is 6. The van der Waals surface area contributed by atoms with Gasteiger partial charge in [0.2, 0.25) is 0 Å². The van der Waals surface area contributed by atoms with Crippen molar-refractivity contribution >= 4 is 35.3 Å². The number of rotatable bonds is 12. The maximum absolute atomic E-state index is 2.64. The van der Waals surface area contributed by atoms with Gasteiger partial charge >= 0.3 is 0 Å². The Morgan fingerprint density at radius 1 is 0.571 bits per heavy atom. The van der Waals surface area contributed by atoms with E-state index in [1.165, 1.54) is 76.2 Å². The minimum absolute atomic E-state index is 1.17. The van der Waals surface area contributed by atoms with Crippen LogP contribution in [0.2, 0.25) is 0 Å². The molecule has 0 radical (unpaired) electrons. The summed E-state index contributed by atoms with van der Waals surface area (Å²) in [6.07, 6.45) is 10.6. The van der Waals surface area contributed by atoms with Crippen LogP contribution in [0, 0.1) is 0 Å². The van der Waals surface area contributed by atoms with E-state index < -0.39 is 0 Å². The molecule has 0 aromatic rings. The normalized spacial score (nSPS) is 18.4. The summed E-state index contributed by atoms with van der Waals surface area (Å²) in [6, 6.07) is 0. The summed E-state index contributed by atoms with van der Waals surface area (Å²) < 4.78 is 0. The summed E-state index contributed by atoms with van der Waals surface area (Å²) in [5, 5.41) is 0. The molecule has 0 amide bonds. The third-order valence-electron chi connectivity index (χ3n) is 3.67. The van der Waals surface area contributed by atoms with E-state index in [1.54, 1.807) is 0 Å². The minimum Gasteiger partial charge on any atom is -0.277 e. The number of thioether (sulfide) groups is 3. The van der Waals surface area contributed by atoms with E-state index >= 15 is 0 Å². The summed E-state index contributed by atoms with van der Waals surface area (Å²) in [5.41, 5.74) is 0. The van der Waals surface area contributed by atoms with Gasteiger partial charge in [0.15, 0.2) is 0 Å². The Morgan fingerprint density at radius 3 is 1.10 bits per heavy atom. The van der Waals surface area contributed by atoms with Crippen LogP contribution in [-0.4, -0.2) is 90.4 Å². The second-order valence-corrected chi connectivity index (χ2v) is 8.60. The van der Waals surface area contributed by atoms with E-state index in [0.717, 1.165) is 0 Å². The number of nitrogens with zero attached hydrogens (tertiary/aromatic N) is 3. The van der Waals surface area contributed by atoms with Crippen LogP contribution in [0.4, 0.5) is 0 Å². The molecule has 1 saturated heterocycles. The van der Waals surface area contributed by atoms with E-state index in [0.29, 0.717) is 0 Å². The van der Waals surface area contributed by atoms with Gasteiger partial charge in [0, 0.05) is 19.6 Å². The van der Waals surface area contributed by atoms with E-state index in [9.17, 15) is 0 Å². The lowest BCUT2D eigenvalue weighted by molar-refractivity contribution is -0.0285. The molecule has 3 nitrogen and oxygen atoms in total. The molecule has 1 fully saturated rings. The van der Waals surface area contributed by atoms with Crippen LogP contribution in [0.1, 0.15) is 19.3 Å². The van der Waals surface area contributed by atoms with Crippen molar-refractivity contribution in [1.29, 1.82) is 0 Å². The highest BCUT2D eigenvalue weighted by Crippen LogP contribution is 2.11. The van der Waals surface area contributed by atoms with Gasteiger partial charge in [-0.05, 0) is 55.3 Å². The highest BCUT2D eigenvalue weighted by atomic mass is 32.2. The summed E-state index contributed by atoms with van der Waals surface area (Å²) in [7, 11) is 0. The van der Waals surface area contributed by atoms with Crippen LogP contribution < -0.4 is 0 Å². The Morgan fingerprint density at radius 2 is 0.857 bits per heavy atom. The average molecular weight is 352 g/mol. The van der Waals surface area contributed by atoms with Gasteiger partial charge in [-0.1, -0.05) is 0 Å². The van der Waals surface area contributed by atoms with Gasteiger partial charge in [-0.2, -0.15) is 35.3 Å². The molecule has 1 aliphatic rings. The topological polar surface area (TPSA) is 9.72 Å². The number of hydrogen-bond donors (Lipinski definition) is 0. The molecule has 21 heavy (non-hydrogen) atoms. The van der Waals surface area contributed by atoms with Gasteiger partial charge in [0.05, 0.1) is 20.0 Å². The summed E-state index contributed by atoms with van der Waals surface area (Å²) in [6.45, 7) is 7.25. The first-order chi connectivity index (χ1) is 10.3. The van der Waals surface area contributed by atoms with Crippen molar-refractivity contribution in [3.8, 4) is 0 Å². The Kier molecular flexibility index (Phi) is 12.7. The van der Waals surface area contributed by atoms with Gasteiger partial charge in [0.25, 0.3) is 0 Å². The van der Waals surface area contributed by atoms with Gasteiger partial charge in [-0.25, -0.2) is 0 Å². The predicted octanol–water partition coefficient (Wildman–Crippen LogP) is 3.04. The largest absolute Gasteiger partial charge is 0.277 e.